The molecule has 2 atom stereocenters. The molecule has 0 fully saturated rings. The third-order valence-electron chi connectivity index (χ3n) is 3.24. The average molecular weight is 199 g/mol. The molecule has 0 aliphatic rings. The highest BCUT2D eigenvalue weighted by atomic mass is 14.7. The maximum atomic E-state index is 6.20. The van der Waals surface area contributed by atoms with Gasteiger partial charge in [-0.1, -0.05) is 60.3 Å². The molecule has 0 amide bonds. The van der Waals surface area contributed by atoms with Crippen LogP contribution in [0.25, 0.3) is 0 Å². The zero-order valence-electron chi connectivity index (χ0n) is 10.8. The van der Waals surface area contributed by atoms with Crippen LogP contribution in [0.2, 0.25) is 0 Å². The first-order chi connectivity index (χ1) is 6.41. The Morgan fingerprint density at radius 1 is 1.14 bits per heavy atom. The van der Waals surface area contributed by atoms with Crippen molar-refractivity contribution >= 4 is 0 Å². The molecule has 0 aliphatic carbocycles. The summed E-state index contributed by atoms with van der Waals surface area (Å²) in [6, 6.07) is 0.351. The molecular weight excluding hydrogens is 170 g/mol. The molecule has 2 N–H and O–H groups in total. The molecule has 0 bridgehead atoms. The predicted molar refractivity (Wildman–Crippen MR) is 65.4 cm³/mol. The molecular formula is C13H29N. The highest BCUT2D eigenvalue weighted by Gasteiger charge is 2.23. The van der Waals surface area contributed by atoms with Gasteiger partial charge in [-0.25, -0.2) is 0 Å². The van der Waals surface area contributed by atoms with Crippen LogP contribution >= 0.6 is 0 Å². The summed E-state index contributed by atoms with van der Waals surface area (Å²) in [5.41, 5.74) is 6.46. The molecule has 2 unspecified atom stereocenters. The van der Waals surface area contributed by atoms with Gasteiger partial charge in [-0.15, -0.1) is 0 Å². The maximum Gasteiger partial charge on any atom is 0.00902 e. The third-order valence-corrected chi connectivity index (χ3v) is 3.24. The normalized spacial score (nSPS) is 16.7. The van der Waals surface area contributed by atoms with E-state index in [9.17, 15) is 0 Å². The quantitative estimate of drug-likeness (QED) is 0.688. The van der Waals surface area contributed by atoms with Crippen molar-refractivity contribution in [2.24, 2.45) is 17.1 Å². The van der Waals surface area contributed by atoms with Crippen molar-refractivity contribution in [1.82, 2.24) is 0 Å². The van der Waals surface area contributed by atoms with E-state index in [-0.39, 0.29) is 5.41 Å². The van der Waals surface area contributed by atoms with Gasteiger partial charge >= 0.3 is 0 Å². The second-order valence-corrected chi connectivity index (χ2v) is 5.62. The Kier molecular flexibility index (Phi) is 6.43. The highest BCUT2D eigenvalue weighted by molar-refractivity contribution is 4.79. The molecule has 0 aromatic rings. The lowest BCUT2D eigenvalue weighted by molar-refractivity contribution is 0.257. The summed E-state index contributed by atoms with van der Waals surface area (Å²) in [4.78, 5) is 0. The Hall–Kier alpha value is -0.0400. The Bertz CT molecular complexity index is 135. The van der Waals surface area contributed by atoms with Crippen molar-refractivity contribution in [3.05, 3.63) is 0 Å². The van der Waals surface area contributed by atoms with Gasteiger partial charge in [0, 0.05) is 6.04 Å². The van der Waals surface area contributed by atoms with E-state index >= 15 is 0 Å². The van der Waals surface area contributed by atoms with Crippen molar-refractivity contribution in [2.75, 3.05) is 0 Å². The largest absolute Gasteiger partial charge is 0.327 e. The van der Waals surface area contributed by atoms with Crippen LogP contribution in [-0.2, 0) is 0 Å². The maximum absolute atomic E-state index is 6.20. The van der Waals surface area contributed by atoms with E-state index in [2.05, 4.69) is 34.6 Å². The van der Waals surface area contributed by atoms with Crippen LogP contribution in [0.5, 0.6) is 0 Å². The molecule has 0 heterocycles. The van der Waals surface area contributed by atoms with Gasteiger partial charge in [-0.05, 0) is 17.8 Å². The number of hydrogen-bond donors (Lipinski definition) is 1. The smallest absolute Gasteiger partial charge is 0.00902 e. The van der Waals surface area contributed by atoms with Gasteiger partial charge in [0.1, 0.15) is 0 Å². The zero-order chi connectivity index (χ0) is 11.2. The van der Waals surface area contributed by atoms with Crippen LogP contribution in [-0.4, -0.2) is 6.04 Å². The summed E-state index contributed by atoms with van der Waals surface area (Å²) in [5, 5.41) is 0. The van der Waals surface area contributed by atoms with Crippen LogP contribution in [0.1, 0.15) is 66.7 Å². The summed E-state index contributed by atoms with van der Waals surface area (Å²) in [5.74, 6) is 0.837. The fourth-order valence-corrected chi connectivity index (χ4v) is 1.69. The number of unbranched alkanes of at least 4 members (excludes halogenated alkanes) is 1. The molecule has 0 aromatic heterocycles. The van der Waals surface area contributed by atoms with Crippen LogP contribution in [0.15, 0.2) is 0 Å². The van der Waals surface area contributed by atoms with E-state index in [0.29, 0.717) is 6.04 Å². The molecule has 0 aromatic carbocycles. The minimum atomic E-state index is 0.264. The second-order valence-electron chi connectivity index (χ2n) is 5.62. The predicted octanol–water partition coefficient (Wildman–Crippen LogP) is 3.97. The van der Waals surface area contributed by atoms with E-state index < -0.39 is 0 Å². The van der Waals surface area contributed by atoms with E-state index in [0.717, 1.165) is 5.92 Å². The van der Waals surface area contributed by atoms with Crippen LogP contribution in [0, 0.1) is 11.3 Å². The topological polar surface area (TPSA) is 26.0 Å². The number of rotatable bonds is 6. The number of hydrogen-bond acceptors (Lipinski definition) is 1. The first-order valence-corrected chi connectivity index (χ1v) is 6.17. The molecule has 14 heavy (non-hydrogen) atoms. The Balaban J connectivity index is 3.92. The van der Waals surface area contributed by atoms with E-state index in [1.165, 1.54) is 32.1 Å². The molecule has 1 heteroatoms. The summed E-state index contributed by atoms with van der Waals surface area (Å²) < 4.78 is 0. The Labute approximate surface area is 90.5 Å². The summed E-state index contributed by atoms with van der Waals surface area (Å²) in [6.45, 7) is 11.3. The van der Waals surface area contributed by atoms with Gasteiger partial charge in [-0.3, -0.25) is 0 Å². The lowest BCUT2D eigenvalue weighted by atomic mass is 9.80. The molecule has 1 nitrogen and oxygen atoms in total. The Morgan fingerprint density at radius 3 is 2.07 bits per heavy atom. The zero-order valence-corrected chi connectivity index (χ0v) is 10.8. The van der Waals surface area contributed by atoms with E-state index in [1.807, 2.05) is 0 Å². The summed E-state index contributed by atoms with van der Waals surface area (Å²) in [7, 11) is 0. The average Bonchev–Trinajstić information content (AvgIpc) is 2.10. The molecule has 0 rings (SSSR count). The molecule has 0 radical (unpaired) electrons. The van der Waals surface area contributed by atoms with Crippen molar-refractivity contribution < 1.29 is 0 Å². The van der Waals surface area contributed by atoms with Gasteiger partial charge in [0.15, 0.2) is 0 Å². The van der Waals surface area contributed by atoms with Gasteiger partial charge in [0.2, 0.25) is 0 Å². The van der Waals surface area contributed by atoms with Gasteiger partial charge < -0.3 is 5.73 Å². The summed E-state index contributed by atoms with van der Waals surface area (Å²) in [6.07, 6.45) is 6.50. The van der Waals surface area contributed by atoms with E-state index in [4.69, 9.17) is 5.73 Å². The van der Waals surface area contributed by atoms with Crippen molar-refractivity contribution in [2.45, 2.75) is 72.8 Å². The monoisotopic (exact) mass is 199 g/mol. The Morgan fingerprint density at radius 2 is 1.71 bits per heavy atom. The van der Waals surface area contributed by atoms with Crippen LogP contribution in [0.3, 0.4) is 0 Å². The second kappa shape index (κ2) is 6.44. The minimum Gasteiger partial charge on any atom is -0.327 e. The van der Waals surface area contributed by atoms with Gasteiger partial charge in [-0.2, -0.15) is 0 Å². The molecule has 0 aliphatic heterocycles. The van der Waals surface area contributed by atoms with E-state index in [1.54, 1.807) is 0 Å². The van der Waals surface area contributed by atoms with Crippen molar-refractivity contribution in [1.29, 1.82) is 0 Å². The molecule has 0 saturated heterocycles. The van der Waals surface area contributed by atoms with Crippen molar-refractivity contribution in [3.8, 4) is 0 Å². The standard InChI is InChI=1S/C13H29N/c1-6-8-9-11(7-2)10-12(14)13(3,4)5/h11-12H,6-10,14H2,1-5H3. The van der Waals surface area contributed by atoms with Crippen LogP contribution < -0.4 is 5.73 Å². The lowest BCUT2D eigenvalue weighted by Gasteiger charge is -2.30. The fourth-order valence-electron chi connectivity index (χ4n) is 1.69. The highest BCUT2D eigenvalue weighted by Crippen LogP contribution is 2.26. The first-order valence-electron chi connectivity index (χ1n) is 6.17. The third kappa shape index (κ3) is 5.64. The SMILES string of the molecule is CCCCC(CC)CC(N)C(C)(C)C. The first kappa shape index (κ1) is 14.0. The van der Waals surface area contributed by atoms with Gasteiger partial charge in [0.05, 0.1) is 0 Å². The van der Waals surface area contributed by atoms with Gasteiger partial charge in [0.25, 0.3) is 0 Å². The van der Waals surface area contributed by atoms with Crippen molar-refractivity contribution in [3.63, 3.8) is 0 Å². The fraction of sp³-hybridized carbons (Fsp3) is 1.00. The lowest BCUT2D eigenvalue weighted by Crippen LogP contribution is -2.36. The molecule has 0 saturated carbocycles. The van der Waals surface area contributed by atoms with Crippen LogP contribution in [0.4, 0.5) is 0 Å². The molecule has 0 spiro atoms. The minimum absolute atomic E-state index is 0.264. The summed E-state index contributed by atoms with van der Waals surface area (Å²) >= 11 is 0. The molecule has 86 valence electrons. The number of nitrogens with two attached hydrogens (primary N) is 1.